The number of benzene rings is 1. The molecule has 1 aromatic rings. The molecule has 2 nitrogen and oxygen atoms in total. The number of halogens is 1. The van der Waals surface area contributed by atoms with Gasteiger partial charge in [-0.15, -0.1) is 0 Å². The van der Waals surface area contributed by atoms with Gasteiger partial charge in [-0.3, -0.25) is 0 Å². The maximum absolute atomic E-state index is 8.65. The van der Waals surface area contributed by atoms with Crippen LogP contribution in [0.2, 0.25) is 0 Å². The second-order valence-electron chi connectivity index (χ2n) is 3.30. The van der Waals surface area contributed by atoms with Crippen molar-refractivity contribution >= 4 is 22.6 Å². The molecule has 0 heterocycles. The lowest BCUT2D eigenvalue weighted by Crippen LogP contribution is -2.20. The molecular weight excluding hydrogens is 289 g/mol. The maximum Gasteiger partial charge on any atom is 0.0443 e. The quantitative estimate of drug-likeness (QED) is 0.646. The number of rotatable bonds is 5. The van der Waals surface area contributed by atoms with Crippen molar-refractivity contribution in [3.63, 3.8) is 0 Å². The number of hydrogen-bond acceptors (Lipinski definition) is 2. The molecule has 78 valence electrons. The van der Waals surface area contributed by atoms with Crippen molar-refractivity contribution in [2.75, 3.05) is 13.2 Å². The van der Waals surface area contributed by atoms with Crippen molar-refractivity contribution in [2.24, 2.45) is 0 Å². The number of aliphatic hydroxyl groups excluding tert-OH is 1. The molecule has 1 aromatic carbocycles. The molecule has 3 heteroatoms. The summed E-state index contributed by atoms with van der Waals surface area (Å²) in [5, 5.41) is 12.0. The number of hydrogen-bond donors (Lipinski definition) is 2. The molecule has 0 radical (unpaired) electrons. The van der Waals surface area contributed by atoms with Gasteiger partial charge in [-0.05, 0) is 60.2 Å². The van der Waals surface area contributed by atoms with E-state index in [4.69, 9.17) is 5.11 Å². The molecule has 2 N–H and O–H groups in total. The molecule has 0 amide bonds. The van der Waals surface area contributed by atoms with E-state index in [9.17, 15) is 0 Å². The summed E-state index contributed by atoms with van der Waals surface area (Å²) >= 11 is 2.30. The van der Waals surface area contributed by atoms with Crippen LogP contribution >= 0.6 is 22.6 Å². The van der Waals surface area contributed by atoms with Crippen LogP contribution in [0.5, 0.6) is 0 Å². The smallest absolute Gasteiger partial charge is 0.0443 e. The Morgan fingerprint density at radius 1 is 1.36 bits per heavy atom. The summed E-state index contributed by atoms with van der Waals surface area (Å²) in [6.45, 7) is 3.26. The Balaban J connectivity index is 2.43. The highest BCUT2D eigenvalue weighted by Gasteiger charge is 2.02. The fourth-order valence-electron chi connectivity index (χ4n) is 1.27. The van der Waals surface area contributed by atoms with Gasteiger partial charge in [-0.25, -0.2) is 0 Å². The van der Waals surface area contributed by atoms with Gasteiger partial charge in [0.1, 0.15) is 0 Å². The first kappa shape index (κ1) is 11.9. The fraction of sp³-hybridized carbons (Fsp3) is 0.455. The van der Waals surface area contributed by atoms with Crippen molar-refractivity contribution in [1.29, 1.82) is 0 Å². The summed E-state index contributed by atoms with van der Waals surface area (Å²) < 4.78 is 1.26. The van der Waals surface area contributed by atoms with E-state index in [-0.39, 0.29) is 6.61 Å². The van der Waals surface area contributed by atoms with Gasteiger partial charge >= 0.3 is 0 Å². The third-order valence-corrected chi connectivity index (χ3v) is 2.87. The lowest BCUT2D eigenvalue weighted by Gasteiger charge is -2.13. The average Bonchev–Trinajstić information content (AvgIpc) is 2.19. The molecule has 0 fully saturated rings. The Kier molecular flexibility index (Phi) is 5.44. The summed E-state index contributed by atoms with van der Waals surface area (Å²) in [5.41, 5.74) is 1.29. The lowest BCUT2D eigenvalue weighted by atomic mass is 10.1. The van der Waals surface area contributed by atoms with E-state index in [0.717, 1.165) is 13.0 Å². The van der Waals surface area contributed by atoms with Crippen LogP contribution < -0.4 is 5.32 Å². The van der Waals surface area contributed by atoms with Gasteiger partial charge in [-0.2, -0.15) is 0 Å². The van der Waals surface area contributed by atoms with Crippen LogP contribution in [-0.4, -0.2) is 18.3 Å². The summed E-state index contributed by atoms with van der Waals surface area (Å²) in [7, 11) is 0. The van der Waals surface area contributed by atoms with Crippen molar-refractivity contribution in [1.82, 2.24) is 5.32 Å². The third-order valence-electron chi connectivity index (χ3n) is 2.16. The van der Waals surface area contributed by atoms with Crippen molar-refractivity contribution in [3.05, 3.63) is 33.4 Å². The topological polar surface area (TPSA) is 32.3 Å². The number of aliphatic hydroxyl groups is 1. The highest BCUT2D eigenvalue weighted by atomic mass is 127. The highest BCUT2D eigenvalue weighted by Crippen LogP contribution is 2.14. The van der Waals surface area contributed by atoms with Crippen LogP contribution in [0.4, 0.5) is 0 Å². The van der Waals surface area contributed by atoms with E-state index >= 15 is 0 Å². The van der Waals surface area contributed by atoms with E-state index < -0.39 is 0 Å². The minimum Gasteiger partial charge on any atom is -0.396 e. The largest absolute Gasteiger partial charge is 0.396 e. The van der Waals surface area contributed by atoms with E-state index in [1.807, 2.05) is 0 Å². The monoisotopic (exact) mass is 305 g/mol. The van der Waals surface area contributed by atoms with Gasteiger partial charge in [0.2, 0.25) is 0 Å². The molecule has 0 bridgehead atoms. The van der Waals surface area contributed by atoms with E-state index in [2.05, 4.69) is 59.1 Å². The van der Waals surface area contributed by atoms with Crippen LogP contribution in [0.25, 0.3) is 0 Å². The van der Waals surface area contributed by atoms with E-state index in [0.29, 0.717) is 6.04 Å². The lowest BCUT2D eigenvalue weighted by molar-refractivity contribution is 0.284. The molecule has 0 aliphatic carbocycles. The van der Waals surface area contributed by atoms with Crippen LogP contribution in [0.3, 0.4) is 0 Å². The molecule has 0 saturated heterocycles. The normalized spacial score (nSPS) is 12.8. The second kappa shape index (κ2) is 6.37. The average molecular weight is 305 g/mol. The molecule has 0 spiro atoms. The third kappa shape index (κ3) is 3.94. The highest BCUT2D eigenvalue weighted by molar-refractivity contribution is 14.1. The van der Waals surface area contributed by atoms with Crippen molar-refractivity contribution in [3.8, 4) is 0 Å². The van der Waals surface area contributed by atoms with Gasteiger partial charge < -0.3 is 10.4 Å². The first-order valence-corrected chi connectivity index (χ1v) is 5.91. The van der Waals surface area contributed by atoms with Crippen LogP contribution in [0, 0.1) is 3.57 Å². The van der Waals surface area contributed by atoms with Gasteiger partial charge in [-0.1, -0.05) is 12.1 Å². The molecule has 1 unspecified atom stereocenters. The zero-order chi connectivity index (χ0) is 10.4. The molecular formula is C11H16INO. The van der Waals surface area contributed by atoms with Crippen LogP contribution in [0.15, 0.2) is 24.3 Å². The van der Waals surface area contributed by atoms with Gasteiger partial charge in [0, 0.05) is 16.2 Å². The van der Waals surface area contributed by atoms with E-state index in [1.165, 1.54) is 9.13 Å². The standard InChI is InChI=1S/C11H16INO/c1-9(13-7-2-8-14)10-3-5-11(12)6-4-10/h3-6,9,13-14H,2,7-8H2,1H3. The Labute approximate surface area is 98.9 Å². The minimum atomic E-state index is 0.256. The molecule has 1 atom stereocenters. The Morgan fingerprint density at radius 2 is 2.00 bits per heavy atom. The Morgan fingerprint density at radius 3 is 2.57 bits per heavy atom. The molecule has 0 aliphatic rings. The van der Waals surface area contributed by atoms with Crippen molar-refractivity contribution in [2.45, 2.75) is 19.4 Å². The summed E-state index contributed by atoms with van der Waals surface area (Å²) in [6.07, 6.45) is 0.814. The molecule has 1 rings (SSSR count). The molecule has 0 aromatic heterocycles. The van der Waals surface area contributed by atoms with E-state index in [1.54, 1.807) is 0 Å². The second-order valence-corrected chi connectivity index (χ2v) is 4.55. The van der Waals surface area contributed by atoms with Crippen molar-refractivity contribution < 1.29 is 5.11 Å². The molecule has 0 aliphatic heterocycles. The predicted octanol–water partition coefficient (Wildman–Crippen LogP) is 2.32. The zero-order valence-electron chi connectivity index (χ0n) is 8.33. The first-order chi connectivity index (χ1) is 6.74. The fourth-order valence-corrected chi connectivity index (χ4v) is 1.63. The summed E-state index contributed by atoms with van der Waals surface area (Å²) in [6, 6.07) is 8.86. The SMILES string of the molecule is CC(NCCCO)c1ccc(I)cc1. The maximum atomic E-state index is 8.65. The van der Waals surface area contributed by atoms with Gasteiger partial charge in [0.05, 0.1) is 0 Å². The predicted molar refractivity (Wildman–Crippen MR) is 67.3 cm³/mol. The minimum absolute atomic E-state index is 0.256. The number of nitrogens with one attached hydrogen (secondary N) is 1. The van der Waals surface area contributed by atoms with Gasteiger partial charge in [0.25, 0.3) is 0 Å². The Bertz CT molecular complexity index is 260. The summed E-state index contributed by atoms with van der Waals surface area (Å²) in [4.78, 5) is 0. The summed E-state index contributed by atoms with van der Waals surface area (Å²) in [5.74, 6) is 0. The van der Waals surface area contributed by atoms with Crippen LogP contribution in [-0.2, 0) is 0 Å². The molecule has 14 heavy (non-hydrogen) atoms. The van der Waals surface area contributed by atoms with Crippen LogP contribution in [0.1, 0.15) is 24.9 Å². The Hall–Kier alpha value is -0.130. The van der Waals surface area contributed by atoms with Gasteiger partial charge in [0.15, 0.2) is 0 Å². The first-order valence-electron chi connectivity index (χ1n) is 4.83. The zero-order valence-corrected chi connectivity index (χ0v) is 10.5. The molecule has 0 saturated carbocycles.